The molecular formula is C29H41Cl3GeN2. The van der Waals surface area contributed by atoms with Gasteiger partial charge in [0.2, 0.25) is 0 Å². The summed E-state index contributed by atoms with van der Waals surface area (Å²) in [5.41, 5.74) is 8.54. The normalized spacial score (nSPS) is 14.5. The number of para-hydroxylation sites is 2. The van der Waals surface area contributed by atoms with Crippen molar-refractivity contribution in [2.75, 3.05) is 0 Å². The van der Waals surface area contributed by atoms with Crippen LogP contribution in [0.15, 0.2) is 46.4 Å². The average Bonchev–Trinajstić information content (AvgIpc) is 2.72. The number of benzene rings is 2. The predicted molar refractivity (Wildman–Crippen MR) is 162 cm³/mol. The van der Waals surface area contributed by atoms with E-state index in [2.05, 4.69) is 91.8 Å². The van der Waals surface area contributed by atoms with E-state index in [9.17, 15) is 0 Å². The Labute approximate surface area is 228 Å². The van der Waals surface area contributed by atoms with Gasteiger partial charge < -0.3 is 0 Å². The number of nitrogens with zero attached hydrogens (tertiary/aromatic N) is 2. The van der Waals surface area contributed by atoms with Gasteiger partial charge in [-0.25, -0.2) is 0 Å². The number of hydrogen-bond donors (Lipinski definition) is 0. The molecule has 0 radical (unpaired) electrons. The third-order valence-electron chi connectivity index (χ3n) is 6.42. The molecule has 192 valence electrons. The van der Waals surface area contributed by atoms with Gasteiger partial charge in [-0.2, -0.15) is 0 Å². The summed E-state index contributed by atoms with van der Waals surface area (Å²) in [4.78, 5) is 10.4. The summed E-state index contributed by atoms with van der Waals surface area (Å²) in [7, 11) is 16.5. The minimum atomic E-state index is -3.82. The van der Waals surface area contributed by atoms with Crippen LogP contribution in [0.4, 0.5) is 11.4 Å². The van der Waals surface area contributed by atoms with Gasteiger partial charge in [-0.05, 0) is 0 Å². The van der Waals surface area contributed by atoms with Gasteiger partial charge in [-0.1, -0.05) is 0 Å². The Bertz CT molecular complexity index is 948. The Morgan fingerprint density at radius 2 is 0.829 bits per heavy atom. The zero-order chi connectivity index (χ0) is 26.7. The van der Waals surface area contributed by atoms with Crippen molar-refractivity contribution in [3.8, 4) is 0 Å². The average molecular weight is 597 g/mol. The molecule has 0 saturated heterocycles. The summed E-state index contributed by atoms with van der Waals surface area (Å²) in [5, 5.41) is 0. The topological polar surface area (TPSA) is 24.7 Å². The van der Waals surface area contributed by atoms with E-state index in [4.69, 9.17) is 40.0 Å². The van der Waals surface area contributed by atoms with Gasteiger partial charge in [0, 0.05) is 0 Å². The molecule has 0 aliphatic heterocycles. The van der Waals surface area contributed by atoms with Crippen molar-refractivity contribution >= 4 is 63.3 Å². The molecule has 0 unspecified atom stereocenters. The van der Waals surface area contributed by atoms with Crippen LogP contribution in [0.25, 0.3) is 0 Å². The molecule has 2 rings (SSSR count). The molecule has 2 aromatic carbocycles. The van der Waals surface area contributed by atoms with Crippen LogP contribution in [0.2, 0.25) is 4.75 Å². The van der Waals surface area contributed by atoms with Crippen LogP contribution < -0.4 is 0 Å². The molecule has 0 aliphatic carbocycles. The fourth-order valence-corrected chi connectivity index (χ4v) is 11.7. The van der Waals surface area contributed by atoms with Crippen LogP contribution in [0.1, 0.15) is 115 Å². The van der Waals surface area contributed by atoms with Crippen molar-refractivity contribution < 1.29 is 0 Å². The molecule has 2 aromatic rings. The maximum atomic E-state index is 6.79. The van der Waals surface area contributed by atoms with Gasteiger partial charge in [0.1, 0.15) is 0 Å². The molecule has 2 nitrogen and oxygen atoms in total. The van der Waals surface area contributed by atoms with Crippen LogP contribution in [-0.4, -0.2) is 21.9 Å². The van der Waals surface area contributed by atoms with E-state index >= 15 is 0 Å². The van der Waals surface area contributed by atoms with Crippen molar-refractivity contribution in [3.63, 3.8) is 0 Å². The maximum absolute atomic E-state index is 6.79. The first-order valence-electron chi connectivity index (χ1n) is 12.6. The van der Waals surface area contributed by atoms with E-state index in [1.165, 1.54) is 22.3 Å². The summed E-state index contributed by atoms with van der Waals surface area (Å²) in [6.07, 6.45) is 0. The molecule has 0 heterocycles. The van der Waals surface area contributed by atoms with Gasteiger partial charge in [-0.3, -0.25) is 0 Å². The fraction of sp³-hybridized carbons (Fsp3) is 0.517. The summed E-state index contributed by atoms with van der Waals surface area (Å²) in [6.45, 7) is 21.6. The van der Waals surface area contributed by atoms with Gasteiger partial charge in [-0.15, -0.1) is 0 Å². The van der Waals surface area contributed by atoms with Crippen LogP contribution >= 0.6 is 30.0 Å². The predicted octanol–water partition coefficient (Wildman–Crippen LogP) is 11.1. The standard InChI is InChI=1S/C29H41Cl3GeN2/c1-17(2)23-13-11-14-24(18(3)4)28(23)34-21(9)27(33(30,31)32)22(10)35-29-25(19(5)6)15-12-16-26(29)20(7)8/h11-20,27H,1-10H3. The second-order valence-corrected chi connectivity index (χ2v) is 26.5. The molecule has 0 N–H and O–H groups in total. The molecule has 0 bridgehead atoms. The second-order valence-electron chi connectivity index (χ2n) is 10.7. The number of halogens is 3. The Kier molecular flexibility index (Phi) is 11.0. The third kappa shape index (κ3) is 7.60. The number of aliphatic imine (C=N–C) groups is 2. The van der Waals surface area contributed by atoms with Crippen molar-refractivity contribution in [1.82, 2.24) is 0 Å². The van der Waals surface area contributed by atoms with Crippen LogP contribution in [0, 0.1) is 0 Å². The van der Waals surface area contributed by atoms with E-state index in [0.29, 0.717) is 23.7 Å². The molecule has 0 aromatic heterocycles. The first kappa shape index (κ1) is 30.4. The van der Waals surface area contributed by atoms with Gasteiger partial charge in [0.25, 0.3) is 0 Å². The molecule has 35 heavy (non-hydrogen) atoms. The fourth-order valence-electron chi connectivity index (χ4n) is 4.54. The zero-order valence-corrected chi connectivity index (χ0v) is 27.2. The Balaban J connectivity index is 2.75. The van der Waals surface area contributed by atoms with Gasteiger partial charge in [0.05, 0.1) is 0 Å². The van der Waals surface area contributed by atoms with E-state index < -0.39 is 10.5 Å². The van der Waals surface area contributed by atoms with Crippen molar-refractivity contribution in [2.24, 2.45) is 9.98 Å². The van der Waals surface area contributed by atoms with Crippen molar-refractivity contribution in [3.05, 3.63) is 58.7 Å². The molecule has 0 saturated carbocycles. The molecule has 0 aliphatic rings. The number of rotatable bonds is 9. The molecule has 0 spiro atoms. The Morgan fingerprint density at radius 3 is 1.03 bits per heavy atom. The summed E-state index contributed by atoms with van der Waals surface area (Å²) in [5.74, 6) is 1.37. The Morgan fingerprint density at radius 1 is 0.571 bits per heavy atom. The van der Waals surface area contributed by atoms with Gasteiger partial charge >= 0.3 is 230 Å². The quantitative estimate of drug-likeness (QED) is 0.203. The first-order valence-corrected chi connectivity index (χ1v) is 22.1. The first-order chi connectivity index (χ1) is 16.2. The van der Waals surface area contributed by atoms with Crippen molar-refractivity contribution in [2.45, 2.75) is 97.7 Å². The van der Waals surface area contributed by atoms with E-state index in [-0.39, 0.29) is 4.75 Å². The molecule has 0 fully saturated rings. The number of hydrogen-bond acceptors (Lipinski definition) is 2. The second kappa shape index (κ2) is 12.6. The van der Waals surface area contributed by atoms with Crippen LogP contribution in [0.3, 0.4) is 0 Å². The van der Waals surface area contributed by atoms with E-state index in [1.807, 2.05) is 13.8 Å². The van der Waals surface area contributed by atoms with E-state index in [1.54, 1.807) is 0 Å². The third-order valence-corrected chi connectivity index (χ3v) is 13.0. The SMILES string of the molecule is CC(=Nc1c(C(C)C)cccc1C(C)C)[CH](C(C)=Nc1c(C(C)C)cccc1C(C)C)[Ge]([Cl])([Cl])[Cl]. The molecular weight excluding hydrogens is 555 g/mol. The minimum absolute atomic E-state index is 0.342. The van der Waals surface area contributed by atoms with Gasteiger partial charge in [0.15, 0.2) is 0 Å². The molecule has 0 amide bonds. The zero-order valence-electron chi connectivity index (χ0n) is 22.9. The Hall–Kier alpha value is -0.807. The monoisotopic (exact) mass is 596 g/mol. The molecule has 6 heteroatoms. The van der Waals surface area contributed by atoms with Crippen molar-refractivity contribution in [1.29, 1.82) is 0 Å². The molecule has 0 atom stereocenters. The summed E-state index contributed by atoms with van der Waals surface area (Å²) >= 11 is 0. The van der Waals surface area contributed by atoms with E-state index in [0.717, 1.165) is 22.8 Å². The summed E-state index contributed by atoms with van der Waals surface area (Å²) < 4.78 is -0.375. The van der Waals surface area contributed by atoms with Crippen LogP contribution in [-0.2, 0) is 0 Å². The summed E-state index contributed by atoms with van der Waals surface area (Å²) in [6, 6.07) is 12.9. The van der Waals surface area contributed by atoms with Crippen LogP contribution in [0.5, 0.6) is 0 Å².